The van der Waals surface area contributed by atoms with E-state index in [1.807, 2.05) is 19.1 Å². The number of benzene rings is 1. The van der Waals surface area contributed by atoms with E-state index in [9.17, 15) is 9.90 Å². The second-order valence-electron chi connectivity index (χ2n) is 7.52. The zero-order valence-corrected chi connectivity index (χ0v) is 15.9. The van der Waals surface area contributed by atoms with Crippen molar-refractivity contribution in [3.63, 3.8) is 0 Å². The number of aliphatic hydroxyl groups is 1. The first-order valence-electron chi connectivity index (χ1n) is 9.69. The molecule has 1 spiro atoms. The Bertz CT molecular complexity index is 761. The molecule has 2 aliphatic heterocycles. The van der Waals surface area contributed by atoms with Crippen LogP contribution in [0.15, 0.2) is 24.3 Å². The second-order valence-corrected chi connectivity index (χ2v) is 7.52. The minimum atomic E-state index is -0.479. The van der Waals surface area contributed by atoms with Crippen LogP contribution in [0.25, 0.3) is 0 Å². The van der Waals surface area contributed by atoms with Crippen LogP contribution in [0.5, 0.6) is 11.5 Å². The van der Waals surface area contributed by atoms with Crippen molar-refractivity contribution in [2.75, 3.05) is 26.8 Å². The van der Waals surface area contributed by atoms with Crippen molar-refractivity contribution in [2.24, 2.45) is 0 Å². The van der Waals surface area contributed by atoms with Crippen LogP contribution in [-0.4, -0.2) is 55.0 Å². The Labute approximate surface area is 159 Å². The predicted octanol–water partition coefficient (Wildman–Crippen LogP) is 2.17. The first-order chi connectivity index (χ1) is 13.1. The summed E-state index contributed by atoms with van der Waals surface area (Å²) in [5, 5.41) is 10.1. The molecule has 6 nitrogen and oxygen atoms in total. The molecule has 3 atom stereocenters. The van der Waals surface area contributed by atoms with Crippen molar-refractivity contribution >= 4 is 5.97 Å². The summed E-state index contributed by atoms with van der Waals surface area (Å²) in [6.07, 6.45) is 5.32. The third-order valence-electron chi connectivity index (χ3n) is 5.97. The summed E-state index contributed by atoms with van der Waals surface area (Å²) in [7, 11) is 1.66. The number of methoxy groups -OCH3 is 1. The summed E-state index contributed by atoms with van der Waals surface area (Å²) in [4.78, 5) is 14.1. The van der Waals surface area contributed by atoms with Gasteiger partial charge in [-0.3, -0.25) is 9.69 Å². The fourth-order valence-electron chi connectivity index (χ4n) is 4.67. The first-order valence-corrected chi connectivity index (χ1v) is 9.69. The number of esters is 1. The SMILES string of the molecule is CCOC(=O)CCN1CCC23C=C[C@H](O)CC2Oc2c(OC)ccc(c23)C1. The molecular formula is C21H27NO5. The molecule has 1 N–H and O–H groups in total. The third-order valence-corrected chi connectivity index (χ3v) is 5.97. The third kappa shape index (κ3) is 3.11. The molecule has 0 aromatic heterocycles. The Morgan fingerprint density at radius 3 is 3.07 bits per heavy atom. The smallest absolute Gasteiger partial charge is 0.307 e. The largest absolute Gasteiger partial charge is 0.493 e. The monoisotopic (exact) mass is 373 g/mol. The van der Waals surface area contributed by atoms with Crippen LogP contribution in [-0.2, 0) is 21.5 Å². The Morgan fingerprint density at radius 2 is 2.30 bits per heavy atom. The lowest BCUT2D eigenvalue weighted by Gasteiger charge is -2.35. The molecule has 2 heterocycles. The lowest BCUT2D eigenvalue weighted by molar-refractivity contribution is -0.143. The van der Waals surface area contributed by atoms with Gasteiger partial charge in [0.2, 0.25) is 0 Å². The molecule has 2 unspecified atom stereocenters. The van der Waals surface area contributed by atoms with E-state index in [-0.39, 0.29) is 17.5 Å². The van der Waals surface area contributed by atoms with Crippen LogP contribution in [0, 0.1) is 0 Å². The highest BCUT2D eigenvalue weighted by atomic mass is 16.5. The van der Waals surface area contributed by atoms with Gasteiger partial charge in [0.25, 0.3) is 0 Å². The van der Waals surface area contributed by atoms with Gasteiger partial charge < -0.3 is 19.3 Å². The highest BCUT2D eigenvalue weighted by molar-refractivity contribution is 5.69. The van der Waals surface area contributed by atoms with Gasteiger partial charge in [-0.15, -0.1) is 0 Å². The van der Waals surface area contributed by atoms with Crippen LogP contribution >= 0.6 is 0 Å². The molecular weight excluding hydrogens is 346 g/mol. The number of ether oxygens (including phenoxy) is 3. The summed E-state index contributed by atoms with van der Waals surface area (Å²) >= 11 is 0. The van der Waals surface area contributed by atoms with Crippen molar-refractivity contribution in [1.29, 1.82) is 0 Å². The maximum absolute atomic E-state index is 11.8. The van der Waals surface area contributed by atoms with Gasteiger partial charge >= 0.3 is 5.97 Å². The average molecular weight is 373 g/mol. The second kappa shape index (κ2) is 7.17. The summed E-state index contributed by atoms with van der Waals surface area (Å²) in [5.74, 6) is 1.40. The Hall–Kier alpha value is -2.05. The van der Waals surface area contributed by atoms with Gasteiger partial charge in [0.05, 0.1) is 31.7 Å². The molecule has 0 amide bonds. The fraction of sp³-hybridized carbons (Fsp3) is 0.571. The Kier molecular flexibility index (Phi) is 4.86. The van der Waals surface area contributed by atoms with Crippen LogP contribution in [0.2, 0.25) is 0 Å². The number of aliphatic hydroxyl groups excluding tert-OH is 1. The Morgan fingerprint density at radius 1 is 1.44 bits per heavy atom. The van der Waals surface area contributed by atoms with Crippen LogP contribution in [0.4, 0.5) is 0 Å². The van der Waals surface area contributed by atoms with Gasteiger partial charge in [-0.05, 0) is 31.5 Å². The number of rotatable bonds is 5. The van der Waals surface area contributed by atoms with E-state index in [1.165, 1.54) is 11.1 Å². The van der Waals surface area contributed by atoms with Gasteiger partial charge in [0, 0.05) is 25.1 Å². The van der Waals surface area contributed by atoms with Crippen molar-refractivity contribution in [2.45, 2.75) is 50.4 Å². The van der Waals surface area contributed by atoms with E-state index >= 15 is 0 Å². The molecule has 1 aromatic rings. The molecule has 0 saturated carbocycles. The number of carbonyl (C=O) groups excluding carboxylic acids is 1. The summed E-state index contributed by atoms with van der Waals surface area (Å²) in [5.41, 5.74) is 2.15. The van der Waals surface area contributed by atoms with Crippen molar-refractivity contribution in [3.8, 4) is 11.5 Å². The number of carbonyl (C=O) groups is 1. The van der Waals surface area contributed by atoms with Crippen LogP contribution < -0.4 is 9.47 Å². The molecule has 0 saturated heterocycles. The number of hydrogen-bond donors (Lipinski definition) is 1. The molecule has 1 aromatic carbocycles. The van der Waals surface area contributed by atoms with Gasteiger partial charge in [-0.2, -0.15) is 0 Å². The first kappa shape index (κ1) is 18.3. The molecule has 4 rings (SSSR count). The number of hydrogen-bond acceptors (Lipinski definition) is 6. The standard InChI is InChI=1S/C21H27NO5/c1-3-26-18(24)7-10-22-11-9-21-8-6-15(23)12-17(21)27-20-16(25-2)5-4-14(13-22)19(20)21/h4-6,8,15,17,23H,3,7,9-13H2,1-2H3/t15-,17?,21?/m0/s1. The molecule has 0 radical (unpaired) electrons. The van der Waals surface area contributed by atoms with E-state index in [2.05, 4.69) is 17.0 Å². The van der Waals surface area contributed by atoms with E-state index in [1.54, 1.807) is 7.11 Å². The zero-order valence-electron chi connectivity index (χ0n) is 15.9. The molecule has 0 bridgehead atoms. The van der Waals surface area contributed by atoms with Gasteiger partial charge in [-0.25, -0.2) is 0 Å². The molecule has 6 heteroatoms. The quantitative estimate of drug-likeness (QED) is 0.630. The molecule has 27 heavy (non-hydrogen) atoms. The minimum Gasteiger partial charge on any atom is -0.493 e. The van der Waals surface area contributed by atoms with Gasteiger partial charge in [-0.1, -0.05) is 18.2 Å². The van der Waals surface area contributed by atoms with Gasteiger partial charge in [0.15, 0.2) is 11.5 Å². The highest BCUT2D eigenvalue weighted by Crippen LogP contribution is 2.55. The summed E-state index contributed by atoms with van der Waals surface area (Å²) < 4.78 is 16.9. The normalized spacial score (nSPS) is 28.7. The van der Waals surface area contributed by atoms with Crippen molar-refractivity contribution < 1.29 is 24.1 Å². The lowest BCUT2D eigenvalue weighted by Crippen LogP contribution is -2.43. The lowest BCUT2D eigenvalue weighted by atomic mass is 9.69. The minimum absolute atomic E-state index is 0.0902. The highest BCUT2D eigenvalue weighted by Gasteiger charge is 2.52. The maximum Gasteiger partial charge on any atom is 0.307 e. The maximum atomic E-state index is 11.8. The molecule has 3 aliphatic rings. The molecule has 0 fully saturated rings. The van der Waals surface area contributed by atoms with Crippen molar-refractivity contribution in [3.05, 3.63) is 35.4 Å². The van der Waals surface area contributed by atoms with Gasteiger partial charge in [0.1, 0.15) is 6.10 Å². The van der Waals surface area contributed by atoms with E-state index in [4.69, 9.17) is 14.2 Å². The summed E-state index contributed by atoms with van der Waals surface area (Å²) in [6.45, 7) is 4.54. The Balaban J connectivity index is 1.67. The van der Waals surface area contributed by atoms with Crippen LogP contribution in [0.3, 0.4) is 0 Å². The number of nitrogens with zero attached hydrogens (tertiary/aromatic N) is 1. The molecule has 146 valence electrons. The topological polar surface area (TPSA) is 68.2 Å². The fourth-order valence-corrected chi connectivity index (χ4v) is 4.67. The van der Waals surface area contributed by atoms with E-state index < -0.39 is 6.10 Å². The van der Waals surface area contributed by atoms with Crippen LogP contribution in [0.1, 0.15) is 37.3 Å². The van der Waals surface area contributed by atoms with E-state index in [0.717, 1.165) is 31.0 Å². The molecule has 1 aliphatic carbocycles. The zero-order chi connectivity index (χ0) is 19.0. The average Bonchev–Trinajstić information content (AvgIpc) is 2.89. The van der Waals surface area contributed by atoms with E-state index in [0.29, 0.717) is 26.0 Å². The summed E-state index contributed by atoms with van der Waals surface area (Å²) in [6, 6.07) is 4.06. The van der Waals surface area contributed by atoms with Crippen molar-refractivity contribution in [1.82, 2.24) is 4.90 Å². The predicted molar refractivity (Wildman–Crippen MR) is 100.0 cm³/mol.